The lowest BCUT2D eigenvalue weighted by Crippen LogP contribution is -2.34. The molecule has 2 atom stereocenters. The average Bonchev–Trinajstić information content (AvgIpc) is 2.61. The van der Waals surface area contributed by atoms with E-state index in [0.717, 1.165) is 13.0 Å². The summed E-state index contributed by atoms with van der Waals surface area (Å²) in [7, 11) is 0. The zero-order chi connectivity index (χ0) is 12.6. The van der Waals surface area contributed by atoms with Crippen LogP contribution in [0.4, 0.5) is 10.1 Å². The van der Waals surface area contributed by atoms with Gasteiger partial charge in [-0.15, -0.1) is 0 Å². The highest BCUT2D eigenvalue weighted by molar-refractivity contribution is 5.95. The minimum absolute atomic E-state index is 0.0238. The van der Waals surface area contributed by atoms with Crippen LogP contribution in [0.25, 0.3) is 0 Å². The molecule has 1 heterocycles. The van der Waals surface area contributed by atoms with Gasteiger partial charge in [0.1, 0.15) is 5.82 Å². The van der Waals surface area contributed by atoms with Gasteiger partial charge in [-0.2, -0.15) is 0 Å². The number of hydrogen-bond donors (Lipinski definition) is 1. The smallest absolute Gasteiger partial charge is 0.254 e. The second kappa shape index (κ2) is 4.35. The molecule has 0 aromatic heterocycles. The van der Waals surface area contributed by atoms with Crippen molar-refractivity contribution in [2.75, 3.05) is 12.3 Å². The summed E-state index contributed by atoms with van der Waals surface area (Å²) in [5, 5.41) is 0. The Kier molecular flexibility index (Phi) is 3.05. The molecular formula is C13H17FN2O. The van der Waals surface area contributed by atoms with Gasteiger partial charge in [0.15, 0.2) is 0 Å². The Bertz CT molecular complexity index is 447. The van der Waals surface area contributed by atoms with Crippen LogP contribution < -0.4 is 5.73 Å². The van der Waals surface area contributed by atoms with Crippen LogP contribution in [0.15, 0.2) is 18.2 Å². The fourth-order valence-electron chi connectivity index (χ4n) is 2.43. The molecule has 1 fully saturated rings. The largest absolute Gasteiger partial charge is 0.396 e. The molecule has 1 amide bonds. The van der Waals surface area contributed by atoms with Crippen LogP contribution in [0.3, 0.4) is 0 Å². The first-order valence-electron chi connectivity index (χ1n) is 5.85. The summed E-state index contributed by atoms with van der Waals surface area (Å²) in [4.78, 5) is 14.0. The van der Waals surface area contributed by atoms with E-state index in [1.165, 1.54) is 18.2 Å². The number of nitrogens with zero attached hydrogens (tertiary/aromatic N) is 1. The summed E-state index contributed by atoms with van der Waals surface area (Å²) < 4.78 is 13.0. The van der Waals surface area contributed by atoms with Crippen LogP contribution in [0.2, 0.25) is 0 Å². The van der Waals surface area contributed by atoms with E-state index in [1.54, 1.807) is 0 Å². The third-order valence-electron chi connectivity index (χ3n) is 3.29. The second-order valence-electron chi connectivity index (χ2n) is 4.88. The highest BCUT2D eigenvalue weighted by Crippen LogP contribution is 2.25. The fourth-order valence-corrected chi connectivity index (χ4v) is 2.43. The number of carbonyl (C=O) groups is 1. The number of rotatable bonds is 1. The Labute approximate surface area is 100 Å². The number of benzene rings is 1. The lowest BCUT2D eigenvalue weighted by molar-refractivity contribution is 0.0744. The van der Waals surface area contributed by atoms with Crippen LogP contribution in [0, 0.1) is 11.7 Å². The molecule has 2 rings (SSSR count). The SMILES string of the molecule is CC1CC(C)N(C(=O)c2ccc(F)c(N)c2)C1. The maximum atomic E-state index is 13.0. The molecule has 92 valence electrons. The molecule has 1 aliphatic heterocycles. The lowest BCUT2D eigenvalue weighted by atomic mass is 10.1. The third-order valence-corrected chi connectivity index (χ3v) is 3.29. The van der Waals surface area contributed by atoms with E-state index in [9.17, 15) is 9.18 Å². The number of halogens is 1. The number of amides is 1. The van der Waals surface area contributed by atoms with Gasteiger partial charge in [0.25, 0.3) is 5.91 Å². The molecule has 0 spiro atoms. The van der Waals surface area contributed by atoms with Crippen molar-refractivity contribution in [3.05, 3.63) is 29.6 Å². The van der Waals surface area contributed by atoms with Crippen molar-refractivity contribution >= 4 is 11.6 Å². The van der Waals surface area contributed by atoms with Gasteiger partial charge in [-0.3, -0.25) is 4.79 Å². The molecule has 1 aliphatic rings. The standard InChI is InChI=1S/C13H17FN2O/c1-8-5-9(2)16(7-8)13(17)10-3-4-11(14)12(15)6-10/h3-4,6,8-9H,5,7,15H2,1-2H3. The molecule has 2 N–H and O–H groups in total. The number of hydrogen-bond acceptors (Lipinski definition) is 2. The van der Waals surface area contributed by atoms with E-state index < -0.39 is 5.82 Å². The molecule has 0 bridgehead atoms. The van der Waals surface area contributed by atoms with Crippen LogP contribution in [0.5, 0.6) is 0 Å². The van der Waals surface area contributed by atoms with Crippen molar-refractivity contribution in [1.82, 2.24) is 4.90 Å². The predicted molar refractivity (Wildman–Crippen MR) is 65.1 cm³/mol. The first-order chi connectivity index (χ1) is 7.99. The molecule has 1 saturated heterocycles. The Morgan fingerprint density at radius 1 is 1.47 bits per heavy atom. The van der Waals surface area contributed by atoms with Gasteiger partial charge in [0.2, 0.25) is 0 Å². The number of carbonyl (C=O) groups excluding carboxylic acids is 1. The Morgan fingerprint density at radius 3 is 2.71 bits per heavy atom. The Morgan fingerprint density at radius 2 is 2.18 bits per heavy atom. The van der Waals surface area contributed by atoms with Crippen LogP contribution in [-0.2, 0) is 0 Å². The molecule has 3 nitrogen and oxygen atoms in total. The number of nitrogen functional groups attached to an aromatic ring is 1. The minimum atomic E-state index is -0.482. The molecule has 2 unspecified atom stereocenters. The zero-order valence-corrected chi connectivity index (χ0v) is 10.1. The summed E-state index contributed by atoms with van der Waals surface area (Å²) in [6.45, 7) is 4.92. The first kappa shape index (κ1) is 11.9. The van der Waals surface area contributed by atoms with Crippen LogP contribution in [-0.4, -0.2) is 23.4 Å². The molecule has 0 aliphatic carbocycles. The number of nitrogens with two attached hydrogens (primary N) is 1. The van der Waals surface area contributed by atoms with Crippen molar-refractivity contribution in [3.8, 4) is 0 Å². The fraction of sp³-hybridized carbons (Fsp3) is 0.462. The van der Waals surface area contributed by atoms with Gasteiger partial charge in [-0.25, -0.2) is 4.39 Å². The van der Waals surface area contributed by atoms with Crippen molar-refractivity contribution in [1.29, 1.82) is 0 Å². The maximum Gasteiger partial charge on any atom is 0.254 e. The molecule has 1 aromatic rings. The summed E-state index contributed by atoms with van der Waals surface area (Å²) in [6, 6.07) is 4.38. The van der Waals surface area contributed by atoms with E-state index >= 15 is 0 Å². The topological polar surface area (TPSA) is 46.3 Å². The summed E-state index contributed by atoms with van der Waals surface area (Å²) >= 11 is 0. The molecular weight excluding hydrogens is 219 g/mol. The maximum absolute atomic E-state index is 13.0. The average molecular weight is 236 g/mol. The van der Waals surface area contributed by atoms with Gasteiger partial charge < -0.3 is 10.6 Å². The summed E-state index contributed by atoms with van der Waals surface area (Å²) in [5.74, 6) is -0.0234. The first-order valence-corrected chi connectivity index (χ1v) is 5.85. The summed E-state index contributed by atoms with van der Waals surface area (Å²) in [5.41, 5.74) is 5.96. The van der Waals surface area contributed by atoms with E-state index in [2.05, 4.69) is 6.92 Å². The predicted octanol–water partition coefficient (Wildman–Crippen LogP) is 2.28. The van der Waals surface area contributed by atoms with Gasteiger partial charge in [0, 0.05) is 18.2 Å². The van der Waals surface area contributed by atoms with Crippen molar-refractivity contribution in [3.63, 3.8) is 0 Å². The van der Waals surface area contributed by atoms with Crippen molar-refractivity contribution < 1.29 is 9.18 Å². The van der Waals surface area contributed by atoms with Crippen LogP contribution >= 0.6 is 0 Å². The highest BCUT2D eigenvalue weighted by atomic mass is 19.1. The number of anilines is 1. The molecule has 0 radical (unpaired) electrons. The highest BCUT2D eigenvalue weighted by Gasteiger charge is 2.30. The second-order valence-corrected chi connectivity index (χ2v) is 4.88. The third kappa shape index (κ3) is 2.25. The minimum Gasteiger partial charge on any atom is -0.396 e. The normalized spacial score (nSPS) is 24.1. The van der Waals surface area contributed by atoms with E-state index in [1.807, 2.05) is 11.8 Å². The van der Waals surface area contributed by atoms with E-state index in [0.29, 0.717) is 11.5 Å². The summed E-state index contributed by atoms with van der Waals surface area (Å²) in [6.07, 6.45) is 1.02. The van der Waals surface area contributed by atoms with Gasteiger partial charge in [-0.1, -0.05) is 6.92 Å². The quantitative estimate of drug-likeness (QED) is 0.760. The molecule has 4 heteroatoms. The van der Waals surface area contributed by atoms with E-state index in [-0.39, 0.29) is 17.6 Å². The monoisotopic (exact) mass is 236 g/mol. The van der Waals surface area contributed by atoms with E-state index in [4.69, 9.17) is 5.73 Å². The van der Waals surface area contributed by atoms with Gasteiger partial charge >= 0.3 is 0 Å². The molecule has 1 aromatic carbocycles. The van der Waals surface area contributed by atoms with Crippen LogP contribution in [0.1, 0.15) is 30.6 Å². The number of likely N-dealkylation sites (tertiary alicyclic amines) is 1. The zero-order valence-electron chi connectivity index (χ0n) is 10.1. The molecule has 0 saturated carbocycles. The van der Waals surface area contributed by atoms with Gasteiger partial charge in [-0.05, 0) is 37.5 Å². The van der Waals surface area contributed by atoms with Crippen molar-refractivity contribution in [2.45, 2.75) is 26.3 Å². The van der Waals surface area contributed by atoms with Gasteiger partial charge in [0.05, 0.1) is 5.69 Å². The Balaban J connectivity index is 2.22. The van der Waals surface area contributed by atoms with Crippen molar-refractivity contribution in [2.24, 2.45) is 5.92 Å². The molecule has 17 heavy (non-hydrogen) atoms. The Hall–Kier alpha value is -1.58. The lowest BCUT2D eigenvalue weighted by Gasteiger charge is -2.21.